The topological polar surface area (TPSA) is 20.3 Å². The Labute approximate surface area is 90.9 Å². The minimum Gasteiger partial charge on any atom is -0.338 e. The van der Waals surface area contributed by atoms with Gasteiger partial charge in [-0.1, -0.05) is 25.1 Å². The van der Waals surface area contributed by atoms with E-state index in [4.69, 9.17) is 0 Å². The maximum atomic E-state index is 11.8. The van der Waals surface area contributed by atoms with Crippen LogP contribution in [0.2, 0.25) is 0 Å². The summed E-state index contributed by atoms with van der Waals surface area (Å²) in [7, 11) is 0. The molecule has 15 heavy (non-hydrogen) atoms. The summed E-state index contributed by atoms with van der Waals surface area (Å²) in [4.78, 5) is 13.8. The van der Waals surface area contributed by atoms with Crippen molar-refractivity contribution in [1.82, 2.24) is 4.90 Å². The lowest BCUT2D eigenvalue weighted by Crippen LogP contribution is -2.36. The van der Waals surface area contributed by atoms with Crippen LogP contribution in [0.4, 0.5) is 0 Å². The molecule has 1 amide bonds. The molecule has 0 N–H and O–H groups in total. The molecule has 0 aromatic heterocycles. The number of rotatable bonds is 2. The highest BCUT2D eigenvalue weighted by atomic mass is 16.2. The van der Waals surface area contributed by atoms with Crippen molar-refractivity contribution in [2.24, 2.45) is 0 Å². The Morgan fingerprint density at radius 3 is 2.93 bits per heavy atom. The number of nitrogens with zero attached hydrogens (tertiary/aromatic N) is 1. The molecule has 0 fully saturated rings. The van der Waals surface area contributed by atoms with Crippen LogP contribution in [-0.4, -0.2) is 17.4 Å². The highest BCUT2D eigenvalue weighted by Gasteiger charge is 2.22. The molecule has 0 aliphatic carbocycles. The minimum absolute atomic E-state index is 0.277. The molecule has 2 nitrogen and oxygen atoms in total. The maximum absolute atomic E-state index is 11.8. The Hall–Kier alpha value is -1.31. The predicted octanol–water partition coefficient (Wildman–Crippen LogP) is 2.29. The molecule has 2 rings (SSSR count). The van der Waals surface area contributed by atoms with Gasteiger partial charge in [0.2, 0.25) is 5.91 Å². The molecule has 0 saturated carbocycles. The first-order valence-electron chi connectivity index (χ1n) is 5.57. The smallest absolute Gasteiger partial charge is 0.227 e. The normalized spacial score (nSPS) is 15.3. The van der Waals surface area contributed by atoms with Gasteiger partial charge in [0.25, 0.3) is 0 Å². The van der Waals surface area contributed by atoms with Crippen molar-refractivity contribution in [3.63, 3.8) is 0 Å². The molecular formula is C13H17NO. The van der Waals surface area contributed by atoms with Gasteiger partial charge in [-0.05, 0) is 30.0 Å². The molecule has 0 radical (unpaired) electrons. The lowest BCUT2D eigenvalue weighted by Gasteiger charge is -2.29. The second kappa shape index (κ2) is 4.05. The van der Waals surface area contributed by atoms with Crippen LogP contribution in [-0.2, 0) is 17.8 Å². The molecule has 1 aromatic rings. The van der Waals surface area contributed by atoms with Gasteiger partial charge in [0.1, 0.15) is 0 Å². The van der Waals surface area contributed by atoms with Crippen LogP contribution in [0.25, 0.3) is 0 Å². The number of benzene rings is 1. The van der Waals surface area contributed by atoms with E-state index in [1.165, 1.54) is 16.7 Å². The van der Waals surface area contributed by atoms with Crippen molar-refractivity contribution in [3.8, 4) is 0 Å². The van der Waals surface area contributed by atoms with Gasteiger partial charge in [-0.25, -0.2) is 0 Å². The number of carbonyl (C=O) groups excluding carboxylic acids is 1. The summed E-state index contributed by atoms with van der Waals surface area (Å²) in [5.74, 6) is 0.277. The van der Waals surface area contributed by atoms with E-state index in [0.29, 0.717) is 6.42 Å². The molecule has 0 saturated heterocycles. The van der Waals surface area contributed by atoms with E-state index in [1.54, 1.807) is 0 Å². The first-order valence-corrected chi connectivity index (χ1v) is 5.57. The Balaban J connectivity index is 2.30. The fraction of sp³-hybridized carbons (Fsp3) is 0.462. The number of fused-ring (bicyclic) bond motifs is 1. The van der Waals surface area contributed by atoms with Gasteiger partial charge in [0.05, 0.1) is 6.42 Å². The van der Waals surface area contributed by atoms with E-state index >= 15 is 0 Å². The van der Waals surface area contributed by atoms with Gasteiger partial charge in [-0.15, -0.1) is 0 Å². The SMILES string of the molecule is CCCN1Cc2cccc(C)c2CC1=O. The van der Waals surface area contributed by atoms with Gasteiger partial charge in [0.15, 0.2) is 0 Å². The van der Waals surface area contributed by atoms with Gasteiger partial charge < -0.3 is 4.90 Å². The summed E-state index contributed by atoms with van der Waals surface area (Å²) in [6, 6.07) is 6.30. The van der Waals surface area contributed by atoms with Crippen LogP contribution in [0.15, 0.2) is 18.2 Å². The number of carbonyl (C=O) groups is 1. The third kappa shape index (κ3) is 1.89. The number of hydrogen-bond acceptors (Lipinski definition) is 1. The third-order valence-corrected chi connectivity index (χ3v) is 3.04. The van der Waals surface area contributed by atoms with Crippen molar-refractivity contribution in [1.29, 1.82) is 0 Å². The second-order valence-electron chi connectivity index (χ2n) is 4.20. The van der Waals surface area contributed by atoms with Gasteiger partial charge in [-0.3, -0.25) is 4.79 Å². The third-order valence-electron chi connectivity index (χ3n) is 3.04. The molecule has 0 spiro atoms. The zero-order chi connectivity index (χ0) is 10.8. The molecule has 1 heterocycles. The van der Waals surface area contributed by atoms with E-state index < -0.39 is 0 Å². The fourth-order valence-corrected chi connectivity index (χ4v) is 2.19. The van der Waals surface area contributed by atoms with E-state index in [2.05, 4.69) is 32.0 Å². The Kier molecular flexibility index (Phi) is 2.76. The molecule has 0 bridgehead atoms. The standard InChI is InChI=1S/C13H17NO/c1-3-7-14-9-11-6-4-5-10(2)12(11)8-13(14)15/h4-6H,3,7-9H2,1-2H3. The molecule has 1 aromatic carbocycles. The van der Waals surface area contributed by atoms with Gasteiger partial charge in [0, 0.05) is 13.1 Å². The van der Waals surface area contributed by atoms with Crippen molar-refractivity contribution < 1.29 is 4.79 Å². The molecule has 1 aliphatic heterocycles. The van der Waals surface area contributed by atoms with Gasteiger partial charge in [-0.2, -0.15) is 0 Å². The minimum atomic E-state index is 0.277. The van der Waals surface area contributed by atoms with Crippen LogP contribution < -0.4 is 0 Å². The average Bonchev–Trinajstić information content (AvgIpc) is 2.21. The average molecular weight is 203 g/mol. The van der Waals surface area contributed by atoms with Crippen LogP contribution in [0.1, 0.15) is 30.0 Å². The fourth-order valence-electron chi connectivity index (χ4n) is 2.19. The lowest BCUT2D eigenvalue weighted by atomic mass is 9.95. The van der Waals surface area contributed by atoms with Gasteiger partial charge >= 0.3 is 0 Å². The van der Waals surface area contributed by atoms with Crippen LogP contribution >= 0.6 is 0 Å². The Bertz CT molecular complexity index is 384. The summed E-state index contributed by atoms with van der Waals surface area (Å²) in [5, 5.41) is 0. The highest BCUT2D eigenvalue weighted by molar-refractivity contribution is 5.81. The summed E-state index contributed by atoms with van der Waals surface area (Å²) in [5.41, 5.74) is 3.81. The number of hydrogen-bond donors (Lipinski definition) is 0. The summed E-state index contributed by atoms with van der Waals surface area (Å²) >= 11 is 0. The predicted molar refractivity (Wildman–Crippen MR) is 60.6 cm³/mol. The Morgan fingerprint density at radius 2 is 2.20 bits per heavy atom. The summed E-state index contributed by atoms with van der Waals surface area (Å²) in [6.45, 7) is 5.87. The Morgan fingerprint density at radius 1 is 1.40 bits per heavy atom. The number of aryl methyl sites for hydroxylation is 1. The van der Waals surface area contributed by atoms with Crippen molar-refractivity contribution in [3.05, 3.63) is 34.9 Å². The van der Waals surface area contributed by atoms with Crippen LogP contribution in [0.3, 0.4) is 0 Å². The quantitative estimate of drug-likeness (QED) is 0.722. The maximum Gasteiger partial charge on any atom is 0.227 e. The molecule has 0 atom stereocenters. The van der Waals surface area contributed by atoms with E-state index in [1.807, 2.05) is 4.90 Å². The monoisotopic (exact) mass is 203 g/mol. The lowest BCUT2D eigenvalue weighted by molar-refractivity contribution is -0.131. The summed E-state index contributed by atoms with van der Waals surface area (Å²) in [6.07, 6.45) is 1.62. The van der Waals surface area contributed by atoms with E-state index in [9.17, 15) is 4.79 Å². The second-order valence-corrected chi connectivity index (χ2v) is 4.20. The molecule has 0 unspecified atom stereocenters. The first-order chi connectivity index (χ1) is 7.22. The zero-order valence-electron chi connectivity index (χ0n) is 9.42. The molecular weight excluding hydrogens is 186 g/mol. The molecule has 80 valence electrons. The summed E-state index contributed by atoms with van der Waals surface area (Å²) < 4.78 is 0. The van der Waals surface area contributed by atoms with Crippen molar-refractivity contribution in [2.75, 3.05) is 6.54 Å². The molecule has 1 aliphatic rings. The van der Waals surface area contributed by atoms with Crippen LogP contribution in [0.5, 0.6) is 0 Å². The molecule has 2 heteroatoms. The van der Waals surface area contributed by atoms with Crippen molar-refractivity contribution >= 4 is 5.91 Å². The first kappa shape index (κ1) is 10.2. The zero-order valence-corrected chi connectivity index (χ0v) is 9.42. The van der Waals surface area contributed by atoms with E-state index in [0.717, 1.165) is 19.5 Å². The number of amides is 1. The van der Waals surface area contributed by atoms with Crippen molar-refractivity contribution in [2.45, 2.75) is 33.2 Å². The largest absolute Gasteiger partial charge is 0.338 e. The highest BCUT2D eigenvalue weighted by Crippen LogP contribution is 2.22. The van der Waals surface area contributed by atoms with Crippen LogP contribution in [0, 0.1) is 6.92 Å². The van der Waals surface area contributed by atoms with E-state index in [-0.39, 0.29) is 5.91 Å².